The fraction of sp³-hybridized carbons (Fsp3) is 0.293. The standard InChI is InChI=1S/C41H43NO2S4/c1-3-4-5-8-11-33-21-22-34(45-33)35-23-24-36(46-35)37-25-26-38(47-37)39-27-28-40(48-39)42-32-19-17-31(18-20-32)30-15-13-29(14-16-30)10-7-6-9-12-41(43)44-2/h13-28,42H,3-12H2,1-2H3. The Morgan fingerprint density at radius 2 is 1.10 bits per heavy atom. The maximum atomic E-state index is 11.3. The van der Waals surface area contributed by atoms with Crippen molar-refractivity contribution in [3.05, 3.63) is 108 Å². The number of aryl methyl sites for hydroxylation is 2. The Kier molecular flexibility index (Phi) is 12.4. The molecular formula is C41H43NO2S4. The fourth-order valence-corrected chi connectivity index (χ4v) is 10.0. The lowest BCUT2D eigenvalue weighted by Gasteiger charge is -2.07. The Labute approximate surface area is 301 Å². The van der Waals surface area contributed by atoms with E-state index >= 15 is 0 Å². The van der Waals surface area contributed by atoms with Gasteiger partial charge in [0, 0.05) is 46.2 Å². The van der Waals surface area contributed by atoms with Gasteiger partial charge in [-0.15, -0.1) is 45.3 Å². The lowest BCUT2D eigenvalue weighted by Crippen LogP contribution is -1.99. The molecule has 48 heavy (non-hydrogen) atoms. The van der Waals surface area contributed by atoms with Crippen LogP contribution in [0.25, 0.3) is 40.4 Å². The van der Waals surface area contributed by atoms with E-state index < -0.39 is 0 Å². The van der Waals surface area contributed by atoms with Crippen molar-refractivity contribution in [2.45, 2.75) is 71.1 Å². The number of carbonyl (C=O) groups excluding carboxylic acids is 1. The quantitative estimate of drug-likeness (QED) is 0.0757. The summed E-state index contributed by atoms with van der Waals surface area (Å²) in [6.07, 6.45) is 11.0. The predicted octanol–water partition coefficient (Wildman–Crippen LogP) is 13.7. The molecule has 0 saturated heterocycles. The lowest BCUT2D eigenvalue weighted by molar-refractivity contribution is -0.140. The van der Waals surface area contributed by atoms with E-state index in [2.05, 4.69) is 109 Å². The number of ether oxygens (including phenoxy) is 1. The third-order valence-electron chi connectivity index (χ3n) is 8.50. The highest BCUT2D eigenvalue weighted by molar-refractivity contribution is 7.29. The molecule has 0 aliphatic carbocycles. The van der Waals surface area contributed by atoms with Crippen molar-refractivity contribution in [2.24, 2.45) is 0 Å². The van der Waals surface area contributed by atoms with E-state index in [-0.39, 0.29) is 5.97 Å². The molecule has 3 nitrogen and oxygen atoms in total. The van der Waals surface area contributed by atoms with Crippen LogP contribution < -0.4 is 5.32 Å². The molecule has 0 unspecified atom stereocenters. The second kappa shape index (κ2) is 17.3. The van der Waals surface area contributed by atoms with Gasteiger partial charge in [0.2, 0.25) is 0 Å². The molecule has 6 rings (SSSR count). The van der Waals surface area contributed by atoms with Crippen LogP contribution >= 0.6 is 45.3 Å². The van der Waals surface area contributed by atoms with E-state index in [4.69, 9.17) is 4.74 Å². The summed E-state index contributed by atoms with van der Waals surface area (Å²) in [5.41, 5.74) is 4.86. The normalized spacial score (nSPS) is 11.2. The molecule has 7 heteroatoms. The molecule has 1 N–H and O–H groups in total. The Hall–Kier alpha value is -3.49. The zero-order valence-electron chi connectivity index (χ0n) is 27.8. The summed E-state index contributed by atoms with van der Waals surface area (Å²) in [7, 11) is 1.45. The maximum absolute atomic E-state index is 11.3. The molecule has 0 radical (unpaired) electrons. The molecular weight excluding hydrogens is 667 g/mol. The molecule has 2 aromatic carbocycles. The topological polar surface area (TPSA) is 38.3 Å². The number of rotatable bonds is 17. The number of hydrogen-bond donors (Lipinski definition) is 1. The van der Waals surface area contributed by atoms with Crippen molar-refractivity contribution in [3.63, 3.8) is 0 Å². The number of methoxy groups -OCH3 is 1. The van der Waals surface area contributed by atoms with Crippen LogP contribution in [0.15, 0.2) is 97.1 Å². The molecule has 0 aliphatic rings. The fourth-order valence-electron chi connectivity index (χ4n) is 5.74. The number of benzene rings is 2. The Bertz CT molecular complexity index is 1870. The maximum Gasteiger partial charge on any atom is 0.305 e. The summed E-state index contributed by atoms with van der Waals surface area (Å²) < 4.78 is 4.72. The van der Waals surface area contributed by atoms with Gasteiger partial charge < -0.3 is 10.1 Å². The van der Waals surface area contributed by atoms with Crippen molar-refractivity contribution < 1.29 is 9.53 Å². The first kappa shape index (κ1) is 34.4. The van der Waals surface area contributed by atoms with E-state index in [1.807, 2.05) is 34.0 Å². The number of nitrogens with one attached hydrogen (secondary N) is 1. The second-order valence-corrected chi connectivity index (χ2v) is 16.5. The molecule has 0 saturated carbocycles. The third-order valence-corrected chi connectivity index (χ3v) is 13.4. The molecule has 0 fully saturated rings. The summed E-state index contributed by atoms with van der Waals surface area (Å²) in [5.74, 6) is -0.118. The third kappa shape index (κ3) is 9.35. The van der Waals surface area contributed by atoms with Crippen molar-refractivity contribution in [1.82, 2.24) is 0 Å². The average Bonchev–Trinajstić information content (AvgIpc) is 3.94. The number of thiophene rings is 4. The average molecular weight is 710 g/mol. The first-order valence-electron chi connectivity index (χ1n) is 17.0. The highest BCUT2D eigenvalue weighted by atomic mass is 32.1. The van der Waals surface area contributed by atoms with Gasteiger partial charge in [0.15, 0.2) is 0 Å². The van der Waals surface area contributed by atoms with Gasteiger partial charge in [-0.05, 0) is 109 Å². The highest BCUT2D eigenvalue weighted by Gasteiger charge is 2.12. The summed E-state index contributed by atoms with van der Waals surface area (Å²) in [5, 5.41) is 4.75. The zero-order chi connectivity index (χ0) is 33.1. The summed E-state index contributed by atoms with van der Waals surface area (Å²) >= 11 is 7.54. The minimum absolute atomic E-state index is 0.118. The van der Waals surface area contributed by atoms with Crippen LogP contribution in [0.1, 0.15) is 68.7 Å². The van der Waals surface area contributed by atoms with Gasteiger partial charge in [-0.25, -0.2) is 0 Å². The predicted molar refractivity (Wildman–Crippen MR) is 211 cm³/mol. The van der Waals surface area contributed by atoms with Crippen molar-refractivity contribution >= 4 is 62.0 Å². The minimum atomic E-state index is -0.118. The SMILES string of the molecule is CCCCCCc1ccc(-c2ccc(-c3ccc(-c4ccc(Nc5ccc(-c6ccc(CCCCCC(=O)OC)cc6)cc5)s4)s3)s2)s1. The number of esters is 1. The van der Waals surface area contributed by atoms with Crippen LogP contribution in [0.3, 0.4) is 0 Å². The van der Waals surface area contributed by atoms with Crippen LogP contribution in [0.4, 0.5) is 10.7 Å². The largest absolute Gasteiger partial charge is 0.469 e. The van der Waals surface area contributed by atoms with Crippen LogP contribution in [-0.4, -0.2) is 13.1 Å². The Balaban J connectivity index is 1.00. The molecule has 0 aliphatic heterocycles. The van der Waals surface area contributed by atoms with E-state index in [1.54, 1.807) is 11.3 Å². The van der Waals surface area contributed by atoms with Crippen molar-refractivity contribution in [1.29, 1.82) is 0 Å². The molecule has 0 atom stereocenters. The monoisotopic (exact) mass is 709 g/mol. The molecule has 6 aromatic rings. The van der Waals surface area contributed by atoms with Crippen LogP contribution in [0, 0.1) is 0 Å². The Morgan fingerprint density at radius 3 is 1.75 bits per heavy atom. The van der Waals surface area contributed by atoms with Gasteiger partial charge in [0.1, 0.15) is 0 Å². The van der Waals surface area contributed by atoms with E-state index in [9.17, 15) is 4.79 Å². The van der Waals surface area contributed by atoms with E-state index in [0.29, 0.717) is 6.42 Å². The summed E-state index contributed by atoms with van der Waals surface area (Å²) in [4.78, 5) is 20.8. The van der Waals surface area contributed by atoms with Gasteiger partial charge in [-0.1, -0.05) is 69.0 Å². The molecule has 4 heterocycles. The second-order valence-electron chi connectivity index (χ2n) is 12.1. The van der Waals surface area contributed by atoms with Crippen LogP contribution in [0.2, 0.25) is 0 Å². The van der Waals surface area contributed by atoms with E-state index in [0.717, 1.165) is 36.4 Å². The number of unbranched alkanes of at least 4 members (excludes halogenated alkanes) is 5. The Morgan fingerprint density at radius 1 is 0.562 bits per heavy atom. The van der Waals surface area contributed by atoms with Gasteiger partial charge in [0.25, 0.3) is 0 Å². The van der Waals surface area contributed by atoms with Crippen LogP contribution in [-0.2, 0) is 22.4 Å². The molecule has 248 valence electrons. The highest BCUT2D eigenvalue weighted by Crippen LogP contribution is 2.44. The number of anilines is 2. The first-order chi connectivity index (χ1) is 23.6. The van der Waals surface area contributed by atoms with Crippen LogP contribution in [0.5, 0.6) is 0 Å². The molecule has 0 bridgehead atoms. The number of carbonyl (C=O) groups is 1. The molecule has 0 amide bonds. The summed E-state index contributed by atoms with van der Waals surface area (Å²) in [6, 6.07) is 35.7. The summed E-state index contributed by atoms with van der Waals surface area (Å²) in [6.45, 7) is 2.27. The van der Waals surface area contributed by atoms with Gasteiger partial charge in [-0.2, -0.15) is 0 Å². The van der Waals surface area contributed by atoms with Crippen molar-refractivity contribution in [3.8, 4) is 40.4 Å². The zero-order valence-corrected chi connectivity index (χ0v) is 31.0. The lowest BCUT2D eigenvalue weighted by atomic mass is 10.0. The molecule has 0 spiro atoms. The number of hydrogen-bond acceptors (Lipinski definition) is 7. The van der Waals surface area contributed by atoms with Crippen molar-refractivity contribution in [2.75, 3.05) is 12.4 Å². The minimum Gasteiger partial charge on any atom is -0.469 e. The van der Waals surface area contributed by atoms with E-state index in [1.165, 1.54) is 90.0 Å². The van der Waals surface area contributed by atoms with Gasteiger partial charge >= 0.3 is 5.97 Å². The van der Waals surface area contributed by atoms with Gasteiger partial charge in [-0.3, -0.25) is 4.79 Å². The smallest absolute Gasteiger partial charge is 0.305 e. The molecule has 4 aromatic heterocycles. The van der Waals surface area contributed by atoms with Gasteiger partial charge in [0.05, 0.1) is 12.1 Å². The first-order valence-corrected chi connectivity index (χ1v) is 20.3.